The molecule has 0 amide bonds. The van der Waals surface area contributed by atoms with Gasteiger partial charge in [0.15, 0.2) is 0 Å². The third-order valence-corrected chi connectivity index (χ3v) is 11.7. The molecule has 1 heterocycles. The molecule has 0 radical (unpaired) electrons. The lowest BCUT2D eigenvalue weighted by Gasteiger charge is -2.28. The maximum atomic E-state index is 2.44. The van der Waals surface area contributed by atoms with Gasteiger partial charge in [-0.2, -0.15) is 0 Å². The van der Waals surface area contributed by atoms with E-state index in [4.69, 9.17) is 0 Å². The molecule has 9 aromatic rings. The third kappa shape index (κ3) is 4.38. The monoisotopic (exact) mass is 643 g/mol. The van der Waals surface area contributed by atoms with Crippen LogP contribution in [0.25, 0.3) is 64.0 Å². The van der Waals surface area contributed by atoms with Crippen LogP contribution >= 0.6 is 11.3 Å². The zero-order valence-electron chi connectivity index (χ0n) is 27.4. The van der Waals surface area contributed by atoms with Gasteiger partial charge in [0, 0.05) is 42.6 Å². The normalized spacial score (nSPS) is 13.3. The number of rotatable bonds is 4. The van der Waals surface area contributed by atoms with Crippen molar-refractivity contribution >= 4 is 70.1 Å². The highest BCUT2D eigenvalue weighted by molar-refractivity contribution is 7.25. The molecule has 1 nitrogen and oxygen atoms in total. The van der Waals surface area contributed by atoms with Gasteiger partial charge in [-0.25, -0.2) is 0 Å². The van der Waals surface area contributed by atoms with E-state index in [1.54, 1.807) is 0 Å². The Morgan fingerprint density at radius 2 is 1.10 bits per heavy atom. The Bertz CT molecular complexity index is 2760. The average molecular weight is 644 g/mol. The Morgan fingerprint density at radius 1 is 0.408 bits per heavy atom. The van der Waals surface area contributed by atoms with Gasteiger partial charge in [0.25, 0.3) is 0 Å². The summed E-state index contributed by atoms with van der Waals surface area (Å²) in [6.45, 7) is 4.70. The Labute approximate surface area is 290 Å². The van der Waals surface area contributed by atoms with E-state index < -0.39 is 0 Å². The fourth-order valence-electron chi connectivity index (χ4n) is 8.18. The molecule has 0 saturated carbocycles. The van der Waals surface area contributed by atoms with Crippen LogP contribution < -0.4 is 4.90 Å². The zero-order chi connectivity index (χ0) is 32.7. The van der Waals surface area contributed by atoms with Gasteiger partial charge in [0.1, 0.15) is 0 Å². The summed E-state index contributed by atoms with van der Waals surface area (Å²) in [5.41, 5.74) is 11.3. The van der Waals surface area contributed by atoms with Crippen LogP contribution in [0.1, 0.15) is 25.0 Å². The fourth-order valence-corrected chi connectivity index (χ4v) is 9.32. The number of nitrogens with zero attached hydrogens (tertiary/aromatic N) is 1. The molecule has 0 bridgehead atoms. The smallest absolute Gasteiger partial charge is 0.0468 e. The lowest BCUT2D eigenvalue weighted by atomic mass is 9.82. The van der Waals surface area contributed by atoms with Crippen LogP contribution in [0.4, 0.5) is 17.1 Å². The van der Waals surface area contributed by atoms with E-state index in [1.807, 2.05) is 11.3 Å². The minimum atomic E-state index is -0.0395. The van der Waals surface area contributed by atoms with E-state index in [2.05, 4.69) is 183 Å². The Kier molecular flexibility index (Phi) is 6.16. The second-order valence-corrected chi connectivity index (χ2v) is 14.9. The number of thiophene rings is 1. The second kappa shape index (κ2) is 10.7. The molecule has 1 aromatic heterocycles. The predicted molar refractivity (Wildman–Crippen MR) is 212 cm³/mol. The van der Waals surface area contributed by atoms with Crippen molar-refractivity contribution in [1.82, 2.24) is 0 Å². The van der Waals surface area contributed by atoms with Crippen molar-refractivity contribution in [3.05, 3.63) is 175 Å². The Balaban J connectivity index is 1.19. The average Bonchev–Trinajstić information content (AvgIpc) is 3.61. The van der Waals surface area contributed by atoms with Crippen LogP contribution in [0.5, 0.6) is 0 Å². The summed E-state index contributed by atoms with van der Waals surface area (Å²) in [5.74, 6) is 0. The summed E-state index contributed by atoms with van der Waals surface area (Å²) in [6, 6.07) is 60.8. The standard InChI is InChI=1S/C47H33NS/c1-47(2)43-19-7-5-16-39(43)41-29-36(23-24-44(41)47)48(34-14-9-13-32(25-34)38-18-10-12-30-11-3-4-15-37(30)38)35-22-21-31-27-42-40-17-6-8-20-45(40)49-46(42)28-33(31)26-35/h3-29H,1-2H3. The van der Waals surface area contributed by atoms with Crippen LogP contribution in [-0.4, -0.2) is 0 Å². The molecule has 0 fully saturated rings. The van der Waals surface area contributed by atoms with Gasteiger partial charge in [-0.15, -0.1) is 11.3 Å². The highest BCUT2D eigenvalue weighted by Crippen LogP contribution is 2.51. The molecule has 2 heteroatoms. The lowest BCUT2D eigenvalue weighted by molar-refractivity contribution is 0.660. The SMILES string of the molecule is CC1(C)c2ccccc2-c2cc(N(c3cccc(-c4cccc5ccccc45)c3)c3ccc4cc5c(cc4c3)sc3ccccc35)ccc21. The summed E-state index contributed by atoms with van der Waals surface area (Å²) in [5, 5.41) is 7.70. The molecule has 0 unspecified atom stereocenters. The molecular formula is C47H33NS. The van der Waals surface area contributed by atoms with Crippen molar-refractivity contribution in [2.75, 3.05) is 4.90 Å². The quantitative estimate of drug-likeness (QED) is 0.184. The number of hydrogen-bond donors (Lipinski definition) is 0. The number of benzene rings is 8. The molecule has 1 aliphatic rings. The topological polar surface area (TPSA) is 3.24 Å². The first kappa shape index (κ1) is 28.3. The van der Waals surface area contributed by atoms with Crippen LogP contribution in [0.15, 0.2) is 164 Å². The van der Waals surface area contributed by atoms with Crippen molar-refractivity contribution < 1.29 is 0 Å². The van der Waals surface area contributed by atoms with Gasteiger partial charge in [-0.05, 0) is 110 Å². The summed E-state index contributed by atoms with van der Waals surface area (Å²) >= 11 is 1.88. The Hall–Kier alpha value is -5.70. The van der Waals surface area contributed by atoms with Crippen molar-refractivity contribution in [2.24, 2.45) is 0 Å². The second-order valence-electron chi connectivity index (χ2n) is 13.8. The van der Waals surface area contributed by atoms with E-state index in [9.17, 15) is 0 Å². The first-order valence-corrected chi connectivity index (χ1v) is 17.8. The van der Waals surface area contributed by atoms with E-state index in [-0.39, 0.29) is 5.41 Å². The highest BCUT2D eigenvalue weighted by atomic mass is 32.1. The van der Waals surface area contributed by atoms with Gasteiger partial charge in [0.2, 0.25) is 0 Å². The molecule has 0 spiro atoms. The Morgan fingerprint density at radius 3 is 2.04 bits per heavy atom. The lowest BCUT2D eigenvalue weighted by Crippen LogP contribution is -2.15. The van der Waals surface area contributed by atoms with Gasteiger partial charge in [0.05, 0.1) is 0 Å². The molecule has 49 heavy (non-hydrogen) atoms. The molecule has 0 atom stereocenters. The van der Waals surface area contributed by atoms with Crippen molar-refractivity contribution in [2.45, 2.75) is 19.3 Å². The first-order valence-electron chi connectivity index (χ1n) is 17.0. The van der Waals surface area contributed by atoms with Crippen molar-refractivity contribution in [3.8, 4) is 22.3 Å². The van der Waals surface area contributed by atoms with Gasteiger partial charge in [-0.3, -0.25) is 0 Å². The highest BCUT2D eigenvalue weighted by Gasteiger charge is 2.35. The maximum Gasteiger partial charge on any atom is 0.0468 e. The first-order chi connectivity index (χ1) is 24.0. The summed E-state index contributed by atoms with van der Waals surface area (Å²) in [4.78, 5) is 2.44. The number of anilines is 3. The minimum absolute atomic E-state index is 0.0395. The molecule has 232 valence electrons. The van der Waals surface area contributed by atoms with E-state index in [1.165, 1.54) is 75.1 Å². The van der Waals surface area contributed by atoms with Crippen molar-refractivity contribution in [1.29, 1.82) is 0 Å². The largest absolute Gasteiger partial charge is 0.310 e. The minimum Gasteiger partial charge on any atom is -0.310 e. The van der Waals surface area contributed by atoms with E-state index in [0.717, 1.165) is 17.1 Å². The molecule has 1 aliphatic carbocycles. The molecule has 0 saturated heterocycles. The van der Waals surface area contributed by atoms with Crippen LogP contribution in [0, 0.1) is 0 Å². The molecule has 8 aromatic carbocycles. The molecule has 10 rings (SSSR count). The fraction of sp³-hybridized carbons (Fsp3) is 0.0638. The maximum absolute atomic E-state index is 2.44. The molecular weight excluding hydrogens is 611 g/mol. The van der Waals surface area contributed by atoms with Crippen molar-refractivity contribution in [3.63, 3.8) is 0 Å². The van der Waals surface area contributed by atoms with Gasteiger partial charge >= 0.3 is 0 Å². The predicted octanol–water partition coefficient (Wildman–Crippen LogP) is 13.8. The van der Waals surface area contributed by atoms with E-state index in [0.29, 0.717) is 0 Å². The van der Waals surface area contributed by atoms with Gasteiger partial charge < -0.3 is 4.90 Å². The van der Waals surface area contributed by atoms with Crippen LogP contribution in [-0.2, 0) is 5.41 Å². The van der Waals surface area contributed by atoms with Crippen LogP contribution in [0.2, 0.25) is 0 Å². The number of fused-ring (bicyclic) bond motifs is 8. The van der Waals surface area contributed by atoms with Gasteiger partial charge in [-0.1, -0.05) is 123 Å². The summed E-state index contributed by atoms with van der Waals surface area (Å²) in [6.07, 6.45) is 0. The molecule has 0 N–H and O–H groups in total. The summed E-state index contributed by atoms with van der Waals surface area (Å²) in [7, 11) is 0. The number of hydrogen-bond acceptors (Lipinski definition) is 2. The zero-order valence-corrected chi connectivity index (χ0v) is 28.3. The molecule has 0 aliphatic heterocycles. The summed E-state index contributed by atoms with van der Waals surface area (Å²) < 4.78 is 2.66. The third-order valence-electron chi connectivity index (χ3n) is 10.6. The van der Waals surface area contributed by atoms with Crippen LogP contribution in [0.3, 0.4) is 0 Å². The van der Waals surface area contributed by atoms with E-state index >= 15 is 0 Å².